The van der Waals surface area contributed by atoms with Gasteiger partial charge in [-0.15, -0.1) is 0 Å². The highest BCUT2D eigenvalue weighted by Crippen LogP contribution is 2.27. The Morgan fingerprint density at radius 1 is 1.03 bits per heavy atom. The van der Waals surface area contributed by atoms with Gasteiger partial charge >= 0.3 is 0 Å². The smallest absolute Gasteiger partial charge is 0.226 e. The fourth-order valence-corrected chi connectivity index (χ4v) is 3.26. The number of benzene rings is 2. The molecule has 4 rings (SSSR count). The van der Waals surface area contributed by atoms with Crippen molar-refractivity contribution < 1.29 is 5.11 Å². The number of aliphatic hydroxyl groups excluding tert-OH is 1. The van der Waals surface area contributed by atoms with Crippen molar-refractivity contribution in [3.63, 3.8) is 0 Å². The Balaban J connectivity index is 1.82. The average molecular weight is 388 g/mol. The largest absolute Gasteiger partial charge is 0.392 e. The van der Waals surface area contributed by atoms with Gasteiger partial charge in [0.2, 0.25) is 5.95 Å². The molecule has 2 aromatic heterocycles. The third kappa shape index (κ3) is 4.20. The summed E-state index contributed by atoms with van der Waals surface area (Å²) in [5, 5.41) is 21.5. The van der Waals surface area contributed by atoms with Crippen molar-refractivity contribution in [3.05, 3.63) is 65.9 Å². The van der Waals surface area contributed by atoms with Gasteiger partial charge in [-0.25, -0.2) is 4.68 Å². The molecule has 0 aliphatic carbocycles. The Hall–Kier alpha value is -3.45. The van der Waals surface area contributed by atoms with Crippen molar-refractivity contribution in [2.45, 2.75) is 26.9 Å². The standard InChI is InChI=1S/C22H24N6O/c1-14-9-15(2)11-17(10-14)25-20-19-13-24-28(18-7-5-4-6-8-18)21(19)27-22(26-20)23-12-16(3)29/h4-11,13,16,29H,12H2,1-3H3,(H2,23,25,26,27)/t16-/m0/s1. The van der Waals surface area contributed by atoms with E-state index in [1.54, 1.807) is 17.8 Å². The molecule has 7 nitrogen and oxygen atoms in total. The molecule has 4 aromatic rings. The molecule has 0 saturated carbocycles. The first-order chi connectivity index (χ1) is 14.0. The number of para-hydroxylation sites is 1. The van der Waals surface area contributed by atoms with E-state index in [0.717, 1.165) is 16.8 Å². The Kier molecular flexibility index (Phi) is 5.14. The number of nitrogens with zero attached hydrogens (tertiary/aromatic N) is 4. The summed E-state index contributed by atoms with van der Waals surface area (Å²) in [7, 11) is 0. The normalized spacial score (nSPS) is 12.1. The number of hydrogen-bond donors (Lipinski definition) is 3. The molecule has 1 atom stereocenters. The number of fused-ring (bicyclic) bond motifs is 1. The minimum Gasteiger partial charge on any atom is -0.392 e. The molecule has 0 spiro atoms. The van der Waals surface area contributed by atoms with Crippen LogP contribution in [-0.2, 0) is 0 Å². The van der Waals surface area contributed by atoms with Crippen LogP contribution in [-0.4, -0.2) is 37.5 Å². The summed E-state index contributed by atoms with van der Waals surface area (Å²) in [5.74, 6) is 1.10. The highest BCUT2D eigenvalue weighted by atomic mass is 16.3. The van der Waals surface area contributed by atoms with Gasteiger partial charge in [0.1, 0.15) is 5.82 Å². The van der Waals surface area contributed by atoms with Crippen LogP contribution < -0.4 is 10.6 Å². The molecule has 7 heteroatoms. The van der Waals surface area contributed by atoms with E-state index in [9.17, 15) is 5.11 Å². The van der Waals surface area contributed by atoms with Gasteiger partial charge in [0.05, 0.1) is 23.4 Å². The van der Waals surface area contributed by atoms with Crippen molar-refractivity contribution in [2.75, 3.05) is 17.2 Å². The maximum atomic E-state index is 9.63. The van der Waals surface area contributed by atoms with Gasteiger partial charge in [-0.2, -0.15) is 15.1 Å². The molecule has 0 bridgehead atoms. The maximum Gasteiger partial charge on any atom is 0.226 e. The maximum absolute atomic E-state index is 9.63. The molecule has 0 unspecified atom stereocenters. The van der Waals surface area contributed by atoms with E-state index < -0.39 is 6.10 Å². The second-order valence-corrected chi connectivity index (χ2v) is 7.26. The van der Waals surface area contributed by atoms with E-state index in [0.29, 0.717) is 24.0 Å². The number of rotatable bonds is 6. The van der Waals surface area contributed by atoms with E-state index in [2.05, 4.69) is 57.7 Å². The third-order valence-corrected chi connectivity index (χ3v) is 4.47. The summed E-state index contributed by atoms with van der Waals surface area (Å²) in [6.07, 6.45) is 1.26. The van der Waals surface area contributed by atoms with E-state index in [4.69, 9.17) is 0 Å². The summed E-state index contributed by atoms with van der Waals surface area (Å²) in [5.41, 5.74) is 4.90. The zero-order valence-electron chi connectivity index (χ0n) is 16.7. The number of anilines is 3. The lowest BCUT2D eigenvalue weighted by Gasteiger charge is -2.12. The van der Waals surface area contributed by atoms with Crippen LogP contribution in [0.1, 0.15) is 18.1 Å². The fraction of sp³-hybridized carbons (Fsp3) is 0.227. The summed E-state index contributed by atoms with van der Waals surface area (Å²) >= 11 is 0. The Morgan fingerprint density at radius 3 is 2.45 bits per heavy atom. The molecular formula is C22H24N6O. The topological polar surface area (TPSA) is 87.9 Å². The molecule has 0 aliphatic rings. The molecule has 0 amide bonds. The molecule has 0 radical (unpaired) electrons. The summed E-state index contributed by atoms with van der Waals surface area (Å²) in [6.45, 7) is 6.20. The van der Waals surface area contributed by atoms with Gasteiger partial charge in [0.15, 0.2) is 5.65 Å². The highest BCUT2D eigenvalue weighted by molar-refractivity contribution is 5.90. The van der Waals surface area contributed by atoms with Crippen LogP contribution in [0.25, 0.3) is 16.7 Å². The number of aryl methyl sites for hydroxylation is 2. The average Bonchev–Trinajstić information content (AvgIpc) is 3.10. The van der Waals surface area contributed by atoms with Crippen LogP contribution in [0.5, 0.6) is 0 Å². The Labute approximate surface area is 169 Å². The van der Waals surface area contributed by atoms with Crippen molar-refractivity contribution in [3.8, 4) is 5.69 Å². The van der Waals surface area contributed by atoms with Crippen LogP contribution in [0.15, 0.2) is 54.7 Å². The molecule has 29 heavy (non-hydrogen) atoms. The van der Waals surface area contributed by atoms with Crippen molar-refractivity contribution in [2.24, 2.45) is 0 Å². The zero-order valence-corrected chi connectivity index (χ0v) is 16.7. The third-order valence-electron chi connectivity index (χ3n) is 4.47. The first kappa shape index (κ1) is 18.9. The van der Waals surface area contributed by atoms with E-state index in [1.807, 2.05) is 30.3 Å². The number of nitrogens with one attached hydrogen (secondary N) is 2. The van der Waals surface area contributed by atoms with Gasteiger partial charge in [0, 0.05) is 12.2 Å². The van der Waals surface area contributed by atoms with Crippen LogP contribution in [0.3, 0.4) is 0 Å². The number of aromatic nitrogens is 4. The predicted molar refractivity (Wildman–Crippen MR) is 116 cm³/mol. The number of aliphatic hydroxyl groups is 1. The van der Waals surface area contributed by atoms with E-state index in [1.165, 1.54) is 11.1 Å². The fourth-order valence-electron chi connectivity index (χ4n) is 3.26. The van der Waals surface area contributed by atoms with Crippen molar-refractivity contribution >= 4 is 28.5 Å². The highest BCUT2D eigenvalue weighted by Gasteiger charge is 2.15. The van der Waals surface area contributed by atoms with Crippen LogP contribution in [0.4, 0.5) is 17.5 Å². The molecule has 2 heterocycles. The Bertz CT molecular complexity index is 1120. The lowest BCUT2D eigenvalue weighted by Crippen LogP contribution is -2.17. The molecule has 2 aromatic carbocycles. The molecular weight excluding hydrogens is 364 g/mol. The quantitative estimate of drug-likeness (QED) is 0.463. The van der Waals surface area contributed by atoms with Crippen LogP contribution in [0, 0.1) is 13.8 Å². The van der Waals surface area contributed by atoms with Crippen LogP contribution >= 0.6 is 0 Å². The second kappa shape index (κ2) is 7.89. The van der Waals surface area contributed by atoms with Gasteiger partial charge in [-0.1, -0.05) is 24.3 Å². The second-order valence-electron chi connectivity index (χ2n) is 7.26. The van der Waals surface area contributed by atoms with Gasteiger partial charge < -0.3 is 15.7 Å². The van der Waals surface area contributed by atoms with Gasteiger partial charge in [0.25, 0.3) is 0 Å². The molecule has 0 aliphatic heterocycles. The summed E-state index contributed by atoms with van der Waals surface area (Å²) in [6, 6.07) is 16.1. The SMILES string of the molecule is Cc1cc(C)cc(Nc2nc(NC[C@H](C)O)nc3c2cnn3-c2ccccc2)c1. The summed E-state index contributed by atoms with van der Waals surface area (Å²) in [4.78, 5) is 9.28. The number of hydrogen-bond acceptors (Lipinski definition) is 6. The van der Waals surface area contributed by atoms with E-state index in [-0.39, 0.29) is 0 Å². The zero-order chi connectivity index (χ0) is 20.4. The first-order valence-electron chi connectivity index (χ1n) is 9.58. The molecule has 0 saturated heterocycles. The van der Waals surface area contributed by atoms with E-state index >= 15 is 0 Å². The lowest BCUT2D eigenvalue weighted by atomic mass is 10.1. The molecule has 0 fully saturated rings. The molecule has 3 N–H and O–H groups in total. The van der Waals surface area contributed by atoms with Crippen LogP contribution in [0.2, 0.25) is 0 Å². The Morgan fingerprint density at radius 2 is 1.76 bits per heavy atom. The summed E-state index contributed by atoms with van der Waals surface area (Å²) < 4.78 is 1.79. The first-order valence-corrected chi connectivity index (χ1v) is 9.58. The monoisotopic (exact) mass is 388 g/mol. The minimum absolute atomic E-state index is 0.355. The minimum atomic E-state index is -0.510. The lowest BCUT2D eigenvalue weighted by molar-refractivity contribution is 0.208. The van der Waals surface area contributed by atoms with Gasteiger partial charge in [-0.3, -0.25) is 0 Å². The van der Waals surface area contributed by atoms with Crippen molar-refractivity contribution in [1.29, 1.82) is 0 Å². The molecule has 148 valence electrons. The van der Waals surface area contributed by atoms with Gasteiger partial charge in [-0.05, 0) is 56.2 Å². The van der Waals surface area contributed by atoms with Crippen molar-refractivity contribution in [1.82, 2.24) is 19.7 Å². The predicted octanol–water partition coefficient (Wildman–Crippen LogP) is 3.97.